The third-order valence-electron chi connectivity index (χ3n) is 5.68. The Morgan fingerprint density at radius 2 is 1.40 bits per heavy atom. The number of aryl methyl sites for hydroxylation is 1. The van der Waals surface area contributed by atoms with Gasteiger partial charge in [-0.25, -0.2) is 4.98 Å². The average Bonchev–Trinajstić information content (AvgIpc) is 3.26. The molecule has 0 spiro atoms. The number of nitrogens with zero attached hydrogens (tertiary/aromatic N) is 1. The van der Waals surface area contributed by atoms with E-state index in [0.717, 1.165) is 28.1 Å². The van der Waals surface area contributed by atoms with Crippen LogP contribution in [0.5, 0.6) is 0 Å². The first kappa shape index (κ1) is 24.4. The Morgan fingerprint density at radius 3 is 2.03 bits per heavy atom. The van der Waals surface area contributed by atoms with Crippen LogP contribution in [0.4, 0.5) is 5.13 Å². The van der Waals surface area contributed by atoms with Crippen molar-refractivity contribution in [2.24, 2.45) is 0 Å². The Morgan fingerprint density at radius 1 is 0.829 bits per heavy atom. The van der Waals surface area contributed by atoms with Crippen molar-refractivity contribution in [2.75, 3.05) is 5.32 Å². The number of thiazole rings is 1. The second kappa shape index (κ2) is 11.1. The minimum absolute atomic E-state index is 0.164. The third-order valence-corrected chi connectivity index (χ3v) is 6.65. The summed E-state index contributed by atoms with van der Waals surface area (Å²) in [5.41, 5.74) is 3.05. The number of aromatic nitrogens is 1. The molecule has 0 aliphatic heterocycles. The average molecular weight is 484 g/mol. The topological polar surface area (TPSA) is 71.1 Å². The van der Waals surface area contributed by atoms with E-state index >= 15 is 0 Å². The zero-order valence-electron chi connectivity index (χ0n) is 20.0. The molecule has 0 atom stereocenters. The van der Waals surface area contributed by atoms with Crippen molar-refractivity contribution < 1.29 is 9.59 Å². The van der Waals surface area contributed by atoms with E-state index in [-0.39, 0.29) is 11.8 Å². The van der Waals surface area contributed by atoms with Crippen molar-refractivity contribution in [3.8, 4) is 11.3 Å². The normalized spacial score (nSPS) is 11.1. The van der Waals surface area contributed by atoms with Crippen LogP contribution in [0.2, 0.25) is 0 Å². The molecule has 0 aliphatic rings. The van der Waals surface area contributed by atoms with Gasteiger partial charge in [-0.3, -0.25) is 14.9 Å². The standard InChI is InChI=1S/C29H29N3O2S/c1-29(2,32-25(33)19-18-21-12-6-3-7-13-21)27(34)31-28-30-26(23-16-10-5-11-17-23)24(35-28)20-22-14-8-4-9-15-22/h3-17H,18-20H2,1-2H3,(H,32,33)(H,30,31,34). The Balaban J connectivity index is 1.46. The quantitative estimate of drug-likeness (QED) is 0.313. The fourth-order valence-electron chi connectivity index (χ4n) is 3.75. The number of carbonyl (C=O) groups excluding carboxylic acids is 2. The van der Waals surface area contributed by atoms with Gasteiger partial charge in [0, 0.05) is 23.3 Å². The molecule has 4 aromatic rings. The maximum Gasteiger partial charge on any atom is 0.251 e. The van der Waals surface area contributed by atoms with Gasteiger partial charge in [0.05, 0.1) is 5.69 Å². The summed E-state index contributed by atoms with van der Waals surface area (Å²) >= 11 is 1.46. The van der Waals surface area contributed by atoms with E-state index in [1.165, 1.54) is 16.9 Å². The Kier molecular flexibility index (Phi) is 7.73. The molecule has 2 N–H and O–H groups in total. The molecule has 0 saturated heterocycles. The fourth-order valence-corrected chi connectivity index (χ4v) is 4.76. The van der Waals surface area contributed by atoms with E-state index in [1.807, 2.05) is 78.9 Å². The number of hydrogen-bond donors (Lipinski definition) is 2. The molecule has 6 heteroatoms. The van der Waals surface area contributed by atoms with E-state index in [1.54, 1.807) is 13.8 Å². The van der Waals surface area contributed by atoms with Crippen molar-refractivity contribution in [3.05, 3.63) is 107 Å². The van der Waals surface area contributed by atoms with Gasteiger partial charge in [0.1, 0.15) is 5.54 Å². The summed E-state index contributed by atoms with van der Waals surface area (Å²) in [7, 11) is 0. The van der Waals surface area contributed by atoms with Gasteiger partial charge in [-0.15, -0.1) is 11.3 Å². The highest BCUT2D eigenvalue weighted by atomic mass is 32.1. The van der Waals surface area contributed by atoms with Gasteiger partial charge in [0.15, 0.2) is 5.13 Å². The number of carbonyl (C=O) groups is 2. The predicted octanol–water partition coefficient (Wildman–Crippen LogP) is 5.87. The van der Waals surface area contributed by atoms with E-state index in [4.69, 9.17) is 4.98 Å². The minimum atomic E-state index is -1.08. The summed E-state index contributed by atoms with van der Waals surface area (Å²) in [6.45, 7) is 3.42. The van der Waals surface area contributed by atoms with Gasteiger partial charge < -0.3 is 5.32 Å². The summed E-state index contributed by atoms with van der Waals surface area (Å²) < 4.78 is 0. The van der Waals surface area contributed by atoms with Crippen LogP contribution < -0.4 is 10.6 Å². The van der Waals surface area contributed by atoms with Crippen LogP contribution in [-0.2, 0) is 22.4 Å². The second-order valence-electron chi connectivity index (χ2n) is 8.93. The van der Waals surface area contributed by atoms with Crippen LogP contribution in [0.15, 0.2) is 91.0 Å². The molecule has 178 valence electrons. The van der Waals surface area contributed by atoms with Crippen LogP contribution in [0.1, 0.15) is 36.3 Å². The highest BCUT2D eigenvalue weighted by Gasteiger charge is 2.30. The molecular formula is C29H29N3O2S. The van der Waals surface area contributed by atoms with E-state index in [9.17, 15) is 9.59 Å². The van der Waals surface area contributed by atoms with Gasteiger partial charge in [-0.1, -0.05) is 91.0 Å². The zero-order chi connectivity index (χ0) is 24.7. The first-order valence-electron chi connectivity index (χ1n) is 11.7. The number of amides is 2. The lowest BCUT2D eigenvalue weighted by Gasteiger charge is -2.24. The molecule has 2 amide bonds. The number of nitrogens with one attached hydrogen (secondary N) is 2. The highest BCUT2D eigenvalue weighted by molar-refractivity contribution is 7.16. The summed E-state index contributed by atoms with van der Waals surface area (Å²) in [6.07, 6.45) is 1.66. The first-order valence-corrected chi connectivity index (χ1v) is 12.5. The Labute approximate surface area is 210 Å². The zero-order valence-corrected chi connectivity index (χ0v) is 20.8. The van der Waals surface area contributed by atoms with Crippen LogP contribution in [0, 0.1) is 0 Å². The number of anilines is 1. The van der Waals surface area contributed by atoms with Gasteiger partial charge in [0.2, 0.25) is 5.91 Å². The maximum absolute atomic E-state index is 13.1. The van der Waals surface area contributed by atoms with Gasteiger partial charge in [-0.2, -0.15) is 0 Å². The van der Waals surface area contributed by atoms with Gasteiger partial charge in [-0.05, 0) is 31.4 Å². The van der Waals surface area contributed by atoms with E-state index in [2.05, 4.69) is 22.8 Å². The SMILES string of the molecule is CC(C)(NC(=O)CCc1ccccc1)C(=O)Nc1nc(-c2ccccc2)c(Cc2ccccc2)s1. The summed E-state index contributed by atoms with van der Waals surface area (Å²) in [6, 6.07) is 30.0. The molecule has 4 rings (SSSR count). The van der Waals surface area contributed by atoms with E-state index in [0.29, 0.717) is 18.0 Å². The van der Waals surface area contributed by atoms with Crippen molar-refractivity contribution >= 4 is 28.3 Å². The fraction of sp³-hybridized carbons (Fsp3) is 0.207. The molecule has 0 aliphatic carbocycles. The second-order valence-corrected chi connectivity index (χ2v) is 10.0. The summed E-state index contributed by atoms with van der Waals surface area (Å²) in [5.74, 6) is -0.465. The molecule has 1 aromatic heterocycles. The predicted molar refractivity (Wildman–Crippen MR) is 142 cm³/mol. The minimum Gasteiger partial charge on any atom is -0.342 e. The lowest BCUT2D eigenvalue weighted by atomic mass is 10.0. The number of rotatable bonds is 9. The molecule has 1 heterocycles. The summed E-state index contributed by atoms with van der Waals surface area (Å²) in [5, 5.41) is 6.32. The monoisotopic (exact) mass is 483 g/mol. The van der Waals surface area contributed by atoms with Crippen molar-refractivity contribution in [2.45, 2.75) is 38.6 Å². The molecule has 0 unspecified atom stereocenters. The Hall–Kier alpha value is -3.77. The van der Waals surface area contributed by atoms with Crippen LogP contribution in [0.25, 0.3) is 11.3 Å². The molecule has 3 aromatic carbocycles. The molecular weight excluding hydrogens is 454 g/mol. The number of hydrogen-bond acceptors (Lipinski definition) is 4. The lowest BCUT2D eigenvalue weighted by Crippen LogP contribution is -2.52. The largest absolute Gasteiger partial charge is 0.342 e. The van der Waals surface area contributed by atoms with Crippen LogP contribution >= 0.6 is 11.3 Å². The first-order chi connectivity index (χ1) is 16.9. The molecule has 5 nitrogen and oxygen atoms in total. The van der Waals surface area contributed by atoms with Crippen molar-refractivity contribution in [1.29, 1.82) is 0 Å². The molecule has 0 bridgehead atoms. The molecule has 0 radical (unpaired) electrons. The molecule has 0 saturated carbocycles. The van der Waals surface area contributed by atoms with E-state index < -0.39 is 5.54 Å². The smallest absolute Gasteiger partial charge is 0.251 e. The third kappa shape index (κ3) is 6.64. The van der Waals surface area contributed by atoms with Crippen LogP contribution in [0.3, 0.4) is 0 Å². The van der Waals surface area contributed by atoms with Gasteiger partial charge in [0.25, 0.3) is 5.91 Å². The van der Waals surface area contributed by atoms with Crippen molar-refractivity contribution in [3.63, 3.8) is 0 Å². The lowest BCUT2D eigenvalue weighted by molar-refractivity contribution is -0.129. The maximum atomic E-state index is 13.1. The highest BCUT2D eigenvalue weighted by Crippen LogP contribution is 2.33. The Bertz CT molecular complexity index is 1270. The van der Waals surface area contributed by atoms with Gasteiger partial charge >= 0.3 is 0 Å². The molecule has 35 heavy (non-hydrogen) atoms. The van der Waals surface area contributed by atoms with Crippen molar-refractivity contribution in [1.82, 2.24) is 10.3 Å². The summed E-state index contributed by atoms with van der Waals surface area (Å²) in [4.78, 5) is 31.5. The van der Waals surface area contributed by atoms with Crippen LogP contribution in [-0.4, -0.2) is 22.3 Å². The number of benzene rings is 3. The molecule has 0 fully saturated rings.